The Morgan fingerprint density at radius 2 is 1.90 bits per heavy atom. The van der Waals surface area contributed by atoms with Crippen LogP contribution in [0, 0.1) is 19.3 Å². The molecule has 0 unspecified atom stereocenters. The van der Waals surface area contributed by atoms with Crippen molar-refractivity contribution in [3.63, 3.8) is 0 Å². The summed E-state index contributed by atoms with van der Waals surface area (Å²) in [6.07, 6.45) is 3.40. The number of amidine groups is 2. The molecule has 2 aromatic carbocycles. The Morgan fingerprint density at radius 1 is 1.16 bits per heavy atom. The number of ether oxygens (including phenoxy) is 2. The van der Waals surface area contributed by atoms with E-state index in [0.29, 0.717) is 24.1 Å². The Balaban J connectivity index is 1.40. The van der Waals surface area contributed by atoms with Gasteiger partial charge in [0.25, 0.3) is 5.91 Å². The first-order chi connectivity index (χ1) is 14.9. The molecule has 31 heavy (non-hydrogen) atoms. The lowest BCUT2D eigenvalue weighted by atomic mass is 10.1. The zero-order valence-electron chi connectivity index (χ0n) is 17.0. The molecular weight excluding hydrogens is 478 g/mol. The van der Waals surface area contributed by atoms with Gasteiger partial charge in [-0.1, -0.05) is 36.0 Å². The molecule has 2 aliphatic heterocycles. The summed E-state index contributed by atoms with van der Waals surface area (Å²) in [6, 6.07) is 11.6. The van der Waals surface area contributed by atoms with Gasteiger partial charge in [0.1, 0.15) is 30.5 Å². The lowest BCUT2D eigenvalue weighted by Gasteiger charge is -2.22. The topological polar surface area (TPSA) is 75.0 Å². The first-order valence-corrected chi connectivity index (χ1v) is 11.3. The van der Waals surface area contributed by atoms with Crippen LogP contribution < -0.4 is 9.47 Å². The average Bonchev–Trinajstić information content (AvgIpc) is 3.20. The van der Waals surface area contributed by atoms with Crippen LogP contribution >= 0.6 is 27.7 Å². The molecule has 158 valence electrons. The second kappa shape index (κ2) is 9.11. The predicted molar refractivity (Wildman–Crippen MR) is 128 cm³/mol. The third-order valence-corrected chi connectivity index (χ3v) is 6.15. The maximum Gasteiger partial charge on any atom is 0.283 e. The van der Waals surface area contributed by atoms with E-state index in [1.165, 1.54) is 11.8 Å². The van der Waals surface area contributed by atoms with Gasteiger partial charge in [-0.05, 0) is 70.1 Å². The standard InChI is InChI=1S/C23H20BrN3O3S/c1-14-4-3-5-15(2)20(14)30-10-9-29-19-7-6-16(13-18(19)24)12-17-21(25)27-8-11-31-23(27)26-22(17)28/h3-8,11-13,25H,9-10H2,1-2H3/b17-12-,25-21?. The van der Waals surface area contributed by atoms with Crippen LogP contribution in [0.2, 0.25) is 0 Å². The predicted octanol–water partition coefficient (Wildman–Crippen LogP) is 5.30. The number of aliphatic imine (C=N–C) groups is 1. The molecule has 1 amide bonds. The Morgan fingerprint density at radius 3 is 2.65 bits per heavy atom. The van der Waals surface area contributed by atoms with E-state index in [1.54, 1.807) is 22.6 Å². The van der Waals surface area contributed by atoms with Crippen LogP contribution in [0.1, 0.15) is 16.7 Å². The fourth-order valence-corrected chi connectivity index (χ4v) is 4.46. The summed E-state index contributed by atoms with van der Waals surface area (Å²) in [5, 5.41) is 10.6. The SMILES string of the molecule is Cc1cccc(C)c1OCCOc1ccc(/C=C2/C(=N)N3C=CSC3=NC2=O)cc1Br. The van der Waals surface area contributed by atoms with Crippen LogP contribution in [0.4, 0.5) is 0 Å². The summed E-state index contributed by atoms with van der Waals surface area (Å²) in [4.78, 5) is 18.0. The Hall–Kier alpha value is -2.84. The van der Waals surface area contributed by atoms with Gasteiger partial charge >= 0.3 is 0 Å². The third-order valence-electron chi connectivity index (χ3n) is 4.78. The molecule has 0 radical (unpaired) electrons. The quantitative estimate of drug-likeness (QED) is 0.432. The van der Waals surface area contributed by atoms with Crippen molar-refractivity contribution in [2.45, 2.75) is 13.8 Å². The van der Waals surface area contributed by atoms with Gasteiger partial charge in [-0.2, -0.15) is 4.99 Å². The highest BCUT2D eigenvalue weighted by Crippen LogP contribution is 2.30. The van der Waals surface area contributed by atoms with E-state index in [9.17, 15) is 4.79 Å². The van der Waals surface area contributed by atoms with Crippen LogP contribution in [-0.4, -0.2) is 35.0 Å². The van der Waals surface area contributed by atoms with E-state index >= 15 is 0 Å². The van der Waals surface area contributed by atoms with Crippen molar-refractivity contribution in [3.8, 4) is 11.5 Å². The summed E-state index contributed by atoms with van der Waals surface area (Å²) >= 11 is 4.85. The fraction of sp³-hybridized carbons (Fsp3) is 0.174. The maximum absolute atomic E-state index is 12.3. The first-order valence-electron chi connectivity index (χ1n) is 9.61. The number of nitrogens with zero attached hydrogens (tertiary/aromatic N) is 2. The lowest BCUT2D eigenvalue weighted by Crippen LogP contribution is -2.35. The number of benzene rings is 2. The van der Waals surface area contributed by atoms with Gasteiger partial charge in [-0.25, -0.2) is 0 Å². The zero-order valence-corrected chi connectivity index (χ0v) is 19.4. The van der Waals surface area contributed by atoms with Gasteiger partial charge < -0.3 is 9.47 Å². The van der Waals surface area contributed by atoms with Crippen molar-refractivity contribution in [3.05, 3.63) is 74.7 Å². The van der Waals surface area contributed by atoms with Gasteiger partial charge in [0.05, 0.1) is 10.0 Å². The Bertz CT molecular complexity index is 1140. The number of thioether (sulfide) groups is 1. The van der Waals surface area contributed by atoms with Crippen molar-refractivity contribution in [1.29, 1.82) is 5.41 Å². The summed E-state index contributed by atoms with van der Waals surface area (Å²) < 4.78 is 12.5. The van der Waals surface area contributed by atoms with E-state index in [1.807, 2.05) is 50.2 Å². The molecule has 0 saturated heterocycles. The molecule has 4 rings (SSSR count). The third kappa shape index (κ3) is 4.60. The van der Waals surface area contributed by atoms with E-state index in [-0.39, 0.29) is 11.4 Å². The molecular formula is C23H20BrN3O3S. The van der Waals surface area contributed by atoms with Gasteiger partial charge in [0.15, 0.2) is 5.17 Å². The van der Waals surface area contributed by atoms with Gasteiger partial charge in [-0.15, -0.1) is 0 Å². The molecule has 8 heteroatoms. The minimum absolute atomic E-state index is 0.122. The number of para-hydroxylation sites is 1. The molecule has 0 saturated carbocycles. The van der Waals surface area contributed by atoms with Crippen molar-refractivity contribution in [2.24, 2.45) is 4.99 Å². The fourth-order valence-electron chi connectivity index (χ4n) is 3.24. The molecule has 1 N–H and O–H groups in total. The minimum atomic E-state index is -0.410. The smallest absolute Gasteiger partial charge is 0.283 e. The van der Waals surface area contributed by atoms with Crippen LogP contribution in [0.25, 0.3) is 6.08 Å². The number of hydrogen-bond donors (Lipinski definition) is 1. The second-order valence-corrected chi connectivity index (χ2v) is 8.71. The molecule has 0 bridgehead atoms. The summed E-state index contributed by atoms with van der Waals surface area (Å²) in [7, 11) is 0. The summed E-state index contributed by atoms with van der Waals surface area (Å²) in [5.41, 5.74) is 3.22. The number of aryl methyl sites for hydroxylation is 2. The van der Waals surface area contributed by atoms with Crippen molar-refractivity contribution in [2.75, 3.05) is 13.2 Å². The van der Waals surface area contributed by atoms with E-state index in [2.05, 4.69) is 20.9 Å². The molecule has 2 aromatic rings. The Labute approximate surface area is 193 Å². The number of fused-ring (bicyclic) bond motifs is 1. The van der Waals surface area contributed by atoms with Crippen LogP contribution in [0.3, 0.4) is 0 Å². The Kier molecular flexibility index (Phi) is 6.29. The average molecular weight is 498 g/mol. The highest BCUT2D eigenvalue weighted by molar-refractivity contribution is 9.10. The van der Waals surface area contributed by atoms with Crippen LogP contribution in [0.5, 0.6) is 11.5 Å². The maximum atomic E-state index is 12.3. The van der Waals surface area contributed by atoms with Crippen LogP contribution in [-0.2, 0) is 4.79 Å². The second-order valence-electron chi connectivity index (χ2n) is 6.99. The molecule has 0 fully saturated rings. The normalized spacial score (nSPS) is 16.5. The number of rotatable bonds is 6. The van der Waals surface area contributed by atoms with E-state index < -0.39 is 5.91 Å². The minimum Gasteiger partial charge on any atom is -0.489 e. The number of carbonyl (C=O) groups excluding carboxylic acids is 1. The highest BCUT2D eigenvalue weighted by Gasteiger charge is 2.31. The van der Waals surface area contributed by atoms with E-state index in [0.717, 1.165) is 26.9 Å². The number of nitrogens with one attached hydrogen (secondary N) is 1. The van der Waals surface area contributed by atoms with Gasteiger partial charge in [0.2, 0.25) is 0 Å². The molecule has 2 aliphatic rings. The summed E-state index contributed by atoms with van der Waals surface area (Å²) in [5.74, 6) is 1.28. The number of carbonyl (C=O) groups is 1. The van der Waals surface area contributed by atoms with Crippen LogP contribution in [0.15, 0.2) is 63.0 Å². The molecule has 0 aromatic heterocycles. The summed E-state index contributed by atoms with van der Waals surface area (Å²) in [6.45, 7) is 4.87. The first kappa shape index (κ1) is 21.4. The molecule has 2 heterocycles. The van der Waals surface area contributed by atoms with Crippen molar-refractivity contribution in [1.82, 2.24) is 4.90 Å². The van der Waals surface area contributed by atoms with Gasteiger partial charge in [0, 0.05) is 6.20 Å². The number of hydrogen-bond acceptors (Lipinski definition) is 5. The monoisotopic (exact) mass is 497 g/mol. The molecule has 0 aliphatic carbocycles. The highest BCUT2D eigenvalue weighted by atomic mass is 79.9. The zero-order chi connectivity index (χ0) is 22.0. The van der Waals surface area contributed by atoms with Crippen molar-refractivity contribution >= 4 is 50.7 Å². The molecule has 0 atom stereocenters. The number of halogens is 1. The van der Waals surface area contributed by atoms with Crippen molar-refractivity contribution < 1.29 is 14.3 Å². The van der Waals surface area contributed by atoms with E-state index in [4.69, 9.17) is 14.9 Å². The largest absolute Gasteiger partial charge is 0.489 e. The number of amides is 1. The van der Waals surface area contributed by atoms with Gasteiger partial charge in [-0.3, -0.25) is 15.1 Å². The lowest BCUT2D eigenvalue weighted by molar-refractivity contribution is -0.114. The molecule has 0 spiro atoms. The molecule has 6 nitrogen and oxygen atoms in total.